The lowest BCUT2D eigenvalue weighted by Gasteiger charge is -2.08. The average molecular weight is 252 g/mol. The summed E-state index contributed by atoms with van der Waals surface area (Å²) < 4.78 is 1.43. The second-order valence-electron chi connectivity index (χ2n) is 4.37. The van der Waals surface area contributed by atoms with Crippen LogP contribution in [0.2, 0.25) is 0 Å². The standard InChI is InChI=1S/C15H12N2O2/c1-10-14(11-5-3-2-4-6-11)16-13-9-12(18)7-8-17(13)15(10)19/h2-9,18H,1H3. The van der Waals surface area contributed by atoms with Crippen molar-refractivity contribution >= 4 is 5.65 Å². The Hall–Kier alpha value is -2.62. The summed E-state index contributed by atoms with van der Waals surface area (Å²) in [5.74, 6) is 0.0924. The van der Waals surface area contributed by atoms with Crippen molar-refractivity contribution in [3.05, 3.63) is 64.6 Å². The summed E-state index contributed by atoms with van der Waals surface area (Å²) in [5, 5.41) is 9.50. The molecule has 4 nitrogen and oxygen atoms in total. The van der Waals surface area contributed by atoms with E-state index in [-0.39, 0.29) is 11.3 Å². The van der Waals surface area contributed by atoms with Crippen molar-refractivity contribution in [3.63, 3.8) is 0 Å². The number of rotatable bonds is 1. The van der Waals surface area contributed by atoms with E-state index in [9.17, 15) is 9.90 Å². The summed E-state index contributed by atoms with van der Waals surface area (Å²) in [6.45, 7) is 1.76. The van der Waals surface area contributed by atoms with Gasteiger partial charge in [-0.25, -0.2) is 4.98 Å². The second-order valence-corrected chi connectivity index (χ2v) is 4.37. The highest BCUT2D eigenvalue weighted by Gasteiger charge is 2.10. The Bertz CT molecular complexity index is 807. The largest absolute Gasteiger partial charge is 0.508 e. The summed E-state index contributed by atoms with van der Waals surface area (Å²) in [7, 11) is 0. The van der Waals surface area contributed by atoms with Crippen LogP contribution in [0.1, 0.15) is 5.56 Å². The average Bonchev–Trinajstić information content (AvgIpc) is 2.43. The molecule has 0 atom stereocenters. The van der Waals surface area contributed by atoms with Crippen LogP contribution in [0.15, 0.2) is 53.5 Å². The Labute approximate surface area is 109 Å². The molecule has 1 aromatic carbocycles. The highest BCUT2D eigenvalue weighted by atomic mass is 16.3. The summed E-state index contributed by atoms with van der Waals surface area (Å²) in [5.41, 5.74) is 2.45. The van der Waals surface area contributed by atoms with Crippen molar-refractivity contribution in [2.75, 3.05) is 0 Å². The van der Waals surface area contributed by atoms with E-state index in [1.807, 2.05) is 30.3 Å². The van der Waals surface area contributed by atoms with Crippen molar-refractivity contribution in [2.45, 2.75) is 6.92 Å². The smallest absolute Gasteiger partial charge is 0.261 e. The number of nitrogens with zero attached hydrogens (tertiary/aromatic N) is 2. The lowest BCUT2D eigenvalue weighted by molar-refractivity contribution is 0.475. The van der Waals surface area contributed by atoms with Crippen LogP contribution >= 0.6 is 0 Å². The maximum Gasteiger partial charge on any atom is 0.261 e. The van der Waals surface area contributed by atoms with Crippen LogP contribution in [0.5, 0.6) is 5.75 Å². The number of hydrogen-bond acceptors (Lipinski definition) is 3. The Morgan fingerprint density at radius 1 is 1.16 bits per heavy atom. The van der Waals surface area contributed by atoms with Crippen molar-refractivity contribution in [3.8, 4) is 17.0 Å². The quantitative estimate of drug-likeness (QED) is 0.723. The molecule has 0 aliphatic rings. The van der Waals surface area contributed by atoms with Gasteiger partial charge >= 0.3 is 0 Å². The molecule has 1 N–H and O–H groups in total. The molecule has 2 aromatic heterocycles. The summed E-state index contributed by atoms with van der Waals surface area (Å²) in [6, 6.07) is 12.5. The van der Waals surface area contributed by atoms with Gasteiger partial charge in [0.25, 0.3) is 5.56 Å². The third kappa shape index (κ3) is 1.87. The lowest BCUT2D eigenvalue weighted by atomic mass is 10.1. The predicted octanol–water partition coefficient (Wildman–Crippen LogP) is 2.38. The van der Waals surface area contributed by atoms with E-state index in [1.165, 1.54) is 22.7 Å². The van der Waals surface area contributed by atoms with Gasteiger partial charge in [0.1, 0.15) is 11.4 Å². The molecule has 94 valence electrons. The molecule has 4 heteroatoms. The molecule has 0 aliphatic carbocycles. The second kappa shape index (κ2) is 4.24. The van der Waals surface area contributed by atoms with Gasteiger partial charge in [0, 0.05) is 23.4 Å². The fraction of sp³-hybridized carbons (Fsp3) is 0.0667. The van der Waals surface area contributed by atoms with E-state index >= 15 is 0 Å². The number of hydrogen-bond donors (Lipinski definition) is 1. The number of fused-ring (bicyclic) bond motifs is 1. The number of benzene rings is 1. The number of pyridine rings is 1. The predicted molar refractivity (Wildman–Crippen MR) is 73.3 cm³/mol. The van der Waals surface area contributed by atoms with Crippen molar-refractivity contribution in [1.29, 1.82) is 0 Å². The Kier molecular flexibility index (Phi) is 2.56. The molecule has 0 saturated heterocycles. The van der Waals surface area contributed by atoms with Gasteiger partial charge < -0.3 is 5.11 Å². The highest BCUT2D eigenvalue weighted by Crippen LogP contribution is 2.20. The molecular weight excluding hydrogens is 240 g/mol. The summed E-state index contributed by atoms with van der Waals surface area (Å²) >= 11 is 0. The van der Waals surface area contributed by atoms with Crippen LogP contribution in [0.4, 0.5) is 0 Å². The fourth-order valence-corrected chi connectivity index (χ4v) is 2.09. The first-order chi connectivity index (χ1) is 9.16. The topological polar surface area (TPSA) is 54.6 Å². The van der Waals surface area contributed by atoms with Gasteiger partial charge in [-0.3, -0.25) is 9.20 Å². The maximum absolute atomic E-state index is 12.3. The molecule has 0 spiro atoms. The molecular formula is C15H12N2O2. The van der Waals surface area contributed by atoms with Gasteiger partial charge in [-0.2, -0.15) is 0 Å². The van der Waals surface area contributed by atoms with Gasteiger partial charge in [-0.05, 0) is 13.0 Å². The van der Waals surface area contributed by atoms with E-state index in [2.05, 4.69) is 4.98 Å². The molecule has 0 fully saturated rings. The van der Waals surface area contributed by atoms with E-state index in [1.54, 1.807) is 6.92 Å². The number of aromatic nitrogens is 2. The van der Waals surface area contributed by atoms with Crippen molar-refractivity contribution in [2.24, 2.45) is 0 Å². The van der Waals surface area contributed by atoms with Crippen LogP contribution < -0.4 is 5.56 Å². The summed E-state index contributed by atoms with van der Waals surface area (Å²) in [4.78, 5) is 16.7. The minimum atomic E-state index is -0.121. The SMILES string of the molecule is Cc1c(-c2ccccc2)nc2cc(O)ccn2c1=O. The van der Waals surface area contributed by atoms with Gasteiger partial charge in [-0.15, -0.1) is 0 Å². The van der Waals surface area contributed by atoms with Gasteiger partial charge in [0.15, 0.2) is 0 Å². The maximum atomic E-state index is 12.3. The van der Waals surface area contributed by atoms with Gasteiger partial charge in [-0.1, -0.05) is 30.3 Å². The van der Waals surface area contributed by atoms with Crippen LogP contribution in [0.3, 0.4) is 0 Å². The van der Waals surface area contributed by atoms with Crippen molar-refractivity contribution in [1.82, 2.24) is 9.38 Å². The molecule has 0 bridgehead atoms. The molecule has 3 rings (SSSR count). The zero-order chi connectivity index (χ0) is 13.4. The van der Waals surface area contributed by atoms with Crippen LogP contribution in [0.25, 0.3) is 16.9 Å². The first-order valence-electron chi connectivity index (χ1n) is 5.94. The molecule has 0 amide bonds. The van der Waals surface area contributed by atoms with Crippen LogP contribution in [-0.4, -0.2) is 14.5 Å². The number of aromatic hydroxyl groups is 1. The third-order valence-electron chi connectivity index (χ3n) is 3.09. The summed E-state index contributed by atoms with van der Waals surface area (Å²) in [6.07, 6.45) is 1.53. The zero-order valence-electron chi connectivity index (χ0n) is 10.4. The van der Waals surface area contributed by atoms with E-state index in [4.69, 9.17) is 0 Å². The minimum Gasteiger partial charge on any atom is -0.508 e. The fourth-order valence-electron chi connectivity index (χ4n) is 2.09. The van der Waals surface area contributed by atoms with Crippen molar-refractivity contribution < 1.29 is 5.11 Å². The van der Waals surface area contributed by atoms with Gasteiger partial charge in [0.05, 0.1) is 5.69 Å². The zero-order valence-corrected chi connectivity index (χ0v) is 10.4. The Morgan fingerprint density at radius 2 is 1.89 bits per heavy atom. The normalized spacial score (nSPS) is 10.8. The molecule has 0 unspecified atom stereocenters. The van der Waals surface area contributed by atoms with E-state index in [0.29, 0.717) is 16.9 Å². The first-order valence-corrected chi connectivity index (χ1v) is 5.94. The van der Waals surface area contributed by atoms with E-state index in [0.717, 1.165) is 5.56 Å². The molecule has 0 aliphatic heterocycles. The Morgan fingerprint density at radius 3 is 2.63 bits per heavy atom. The third-order valence-corrected chi connectivity index (χ3v) is 3.09. The molecule has 19 heavy (non-hydrogen) atoms. The highest BCUT2D eigenvalue weighted by molar-refractivity contribution is 5.65. The van der Waals surface area contributed by atoms with Gasteiger partial charge in [0.2, 0.25) is 0 Å². The molecule has 0 saturated carbocycles. The minimum absolute atomic E-state index is 0.0924. The molecule has 2 heterocycles. The van der Waals surface area contributed by atoms with Crippen LogP contribution in [0, 0.1) is 6.92 Å². The Balaban J connectivity index is 2.38. The van der Waals surface area contributed by atoms with Crippen LogP contribution in [-0.2, 0) is 0 Å². The molecule has 3 aromatic rings. The first kappa shape index (κ1) is 11.5. The molecule has 0 radical (unpaired) electrons. The monoisotopic (exact) mass is 252 g/mol. The lowest BCUT2D eigenvalue weighted by Crippen LogP contribution is -2.18. The van der Waals surface area contributed by atoms with E-state index < -0.39 is 0 Å².